The lowest BCUT2D eigenvalue weighted by molar-refractivity contribution is 0.459. The fourth-order valence-electron chi connectivity index (χ4n) is 1.45. The van der Waals surface area contributed by atoms with E-state index in [-0.39, 0.29) is 16.0 Å². The molecule has 0 unspecified atom stereocenters. The van der Waals surface area contributed by atoms with Gasteiger partial charge in [-0.1, -0.05) is 16.0 Å². The standard InChI is InChI=1S/C10H11FN2OS2/c1-10(2,16-15)5-3-6(11)8-7(4-5)14-13-9(8)12/h3-4,15H,1-2H3,(H2,12,13). The highest BCUT2D eigenvalue weighted by Gasteiger charge is 2.23. The van der Waals surface area contributed by atoms with Crippen LogP contribution in [0, 0.1) is 5.82 Å². The van der Waals surface area contributed by atoms with Crippen LogP contribution in [0.2, 0.25) is 0 Å². The van der Waals surface area contributed by atoms with Crippen LogP contribution in [0.5, 0.6) is 0 Å². The number of hydrogen-bond donors (Lipinski definition) is 2. The molecule has 0 fully saturated rings. The zero-order valence-corrected chi connectivity index (χ0v) is 10.5. The first kappa shape index (κ1) is 11.6. The Hall–Kier alpha value is -0.880. The second-order valence-corrected chi connectivity index (χ2v) is 5.75. The number of thiol groups is 1. The molecule has 0 aliphatic carbocycles. The molecule has 2 aromatic rings. The number of anilines is 1. The van der Waals surface area contributed by atoms with Crippen molar-refractivity contribution >= 4 is 39.2 Å². The zero-order valence-electron chi connectivity index (χ0n) is 8.82. The molecule has 0 atom stereocenters. The normalized spacial score (nSPS) is 12.2. The third-order valence-electron chi connectivity index (χ3n) is 2.48. The van der Waals surface area contributed by atoms with Gasteiger partial charge in [0.15, 0.2) is 11.4 Å². The summed E-state index contributed by atoms with van der Waals surface area (Å²) in [6.45, 7) is 3.90. The van der Waals surface area contributed by atoms with E-state index >= 15 is 0 Å². The molecule has 0 bridgehead atoms. The first-order chi connectivity index (χ1) is 7.45. The maximum absolute atomic E-state index is 13.8. The van der Waals surface area contributed by atoms with E-state index < -0.39 is 5.82 Å². The Labute approximate surface area is 101 Å². The lowest BCUT2D eigenvalue weighted by Gasteiger charge is -2.21. The smallest absolute Gasteiger partial charge is 0.177 e. The second kappa shape index (κ2) is 3.85. The molecule has 1 aromatic carbocycles. The van der Waals surface area contributed by atoms with Gasteiger partial charge < -0.3 is 10.3 Å². The SMILES string of the molecule is CC(C)(SS)c1cc(F)c2c(N)noc2c1. The molecule has 0 aliphatic heterocycles. The van der Waals surface area contributed by atoms with E-state index in [0.717, 1.165) is 5.56 Å². The van der Waals surface area contributed by atoms with Gasteiger partial charge in [-0.05, 0) is 31.5 Å². The topological polar surface area (TPSA) is 52.0 Å². The van der Waals surface area contributed by atoms with Gasteiger partial charge in [-0.15, -0.1) is 11.7 Å². The van der Waals surface area contributed by atoms with Crippen LogP contribution in [-0.2, 0) is 4.75 Å². The summed E-state index contributed by atoms with van der Waals surface area (Å²) in [6.07, 6.45) is 0. The van der Waals surface area contributed by atoms with Crippen molar-refractivity contribution in [2.75, 3.05) is 5.73 Å². The minimum atomic E-state index is -0.415. The van der Waals surface area contributed by atoms with Crippen molar-refractivity contribution in [2.24, 2.45) is 0 Å². The first-order valence-electron chi connectivity index (χ1n) is 4.63. The zero-order chi connectivity index (χ0) is 11.9. The molecular formula is C10H11FN2OS2. The van der Waals surface area contributed by atoms with Gasteiger partial charge in [0.25, 0.3) is 0 Å². The Balaban J connectivity index is 2.68. The Bertz CT molecular complexity index is 539. The summed E-state index contributed by atoms with van der Waals surface area (Å²) in [7, 11) is 1.34. The fraction of sp³-hybridized carbons (Fsp3) is 0.300. The molecule has 0 radical (unpaired) electrons. The van der Waals surface area contributed by atoms with Gasteiger partial charge >= 0.3 is 0 Å². The van der Waals surface area contributed by atoms with Gasteiger partial charge in [0.2, 0.25) is 0 Å². The monoisotopic (exact) mass is 258 g/mol. The minimum absolute atomic E-state index is 0.0791. The van der Waals surface area contributed by atoms with E-state index in [9.17, 15) is 4.39 Å². The maximum atomic E-state index is 13.8. The number of benzene rings is 1. The lowest BCUT2D eigenvalue weighted by atomic mass is 10.0. The van der Waals surface area contributed by atoms with Crippen molar-refractivity contribution < 1.29 is 8.91 Å². The molecule has 0 aliphatic rings. The molecule has 0 saturated carbocycles. The number of nitrogens with zero attached hydrogens (tertiary/aromatic N) is 1. The molecule has 3 nitrogen and oxygen atoms in total. The Morgan fingerprint density at radius 1 is 1.50 bits per heavy atom. The number of nitrogen functional groups attached to an aromatic ring is 1. The highest BCUT2D eigenvalue weighted by atomic mass is 33.1. The Morgan fingerprint density at radius 3 is 2.81 bits per heavy atom. The van der Waals surface area contributed by atoms with Gasteiger partial charge in [-0.3, -0.25) is 0 Å². The van der Waals surface area contributed by atoms with E-state index in [1.54, 1.807) is 6.07 Å². The van der Waals surface area contributed by atoms with E-state index in [0.29, 0.717) is 5.58 Å². The Morgan fingerprint density at radius 2 is 2.19 bits per heavy atom. The summed E-state index contributed by atoms with van der Waals surface area (Å²) in [5.41, 5.74) is 6.65. The molecule has 86 valence electrons. The Kier molecular flexibility index (Phi) is 2.79. The largest absolute Gasteiger partial charge is 0.380 e. The summed E-state index contributed by atoms with van der Waals surface area (Å²) < 4.78 is 18.4. The summed E-state index contributed by atoms with van der Waals surface area (Å²) in [6, 6.07) is 3.18. The second-order valence-electron chi connectivity index (χ2n) is 4.00. The van der Waals surface area contributed by atoms with Crippen molar-refractivity contribution in [1.29, 1.82) is 0 Å². The molecule has 2 rings (SSSR count). The third-order valence-corrected chi connectivity index (χ3v) is 4.54. The molecule has 2 N–H and O–H groups in total. The summed E-state index contributed by atoms with van der Waals surface area (Å²) in [4.78, 5) is 0. The molecule has 1 heterocycles. The van der Waals surface area contributed by atoms with Crippen molar-refractivity contribution in [3.05, 3.63) is 23.5 Å². The number of rotatable bonds is 2. The van der Waals surface area contributed by atoms with Crippen molar-refractivity contribution in [3.8, 4) is 0 Å². The predicted molar refractivity (Wildman–Crippen MR) is 68.0 cm³/mol. The number of hydrogen-bond acceptors (Lipinski definition) is 5. The highest BCUT2D eigenvalue weighted by Crippen LogP contribution is 2.40. The van der Waals surface area contributed by atoms with E-state index in [1.807, 2.05) is 13.8 Å². The predicted octanol–water partition coefficient (Wildman–Crippen LogP) is 3.36. The summed E-state index contributed by atoms with van der Waals surface area (Å²) in [5, 5.41) is 3.78. The van der Waals surface area contributed by atoms with Crippen LogP contribution in [0.1, 0.15) is 19.4 Å². The van der Waals surface area contributed by atoms with E-state index in [2.05, 4.69) is 16.8 Å². The minimum Gasteiger partial charge on any atom is -0.380 e. The molecular weight excluding hydrogens is 247 g/mol. The molecule has 0 amide bonds. The van der Waals surface area contributed by atoms with Gasteiger partial charge in [-0.25, -0.2) is 4.39 Å². The van der Waals surface area contributed by atoms with Gasteiger partial charge in [-0.2, -0.15) is 0 Å². The molecule has 0 saturated heterocycles. The fourth-order valence-corrected chi connectivity index (χ4v) is 1.99. The van der Waals surface area contributed by atoms with Crippen LogP contribution in [0.25, 0.3) is 11.0 Å². The molecule has 1 aromatic heterocycles. The summed E-state index contributed by atoms with van der Waals surface area (Å²) >= 11 is 4.17. The van der Waals surface area contributed by atoms with E-state index in [4.69, 9.17) is 10.3 Å². The van der Waals surface area contributed by atoms with Crippen LogP contribution in [0.3, 0.4) is 0 Å². The number of halogens is 1. The average Bonchev–Trinajstić information content (AvgIpc) is 2.61. The van der Waals surface area contributed by atoms with Crippen molar-refractivity contribution in [2.45, 2.75) is 18.6 Å². The number of nitrogens with two attached hydrogens (primary N) is 1. The van der Waals surface area contributed by atoms with Crippen molar-refractivity contribution in [3.63, 3.8) is 0 Å². The summed E-state index contributed by atoms with van der Waals surface area (Å²) in [5.74, 6) is -0.336. The molecule has 16 heavy (non-hydrogen) atoms. The molecule has 0 spiro atoms. The van der Waals surface area contributed by atoms with Crippen LogP contribution >= 0.6 is 22.5 Å². The molecule has 6 heteroatoms. The van der Waals surface area contributed by atoms with Crippen LogP contribution in [0.15, 0.2) is 16.7 Å². The average molecular weight is 258 g/mol. The van der Waals surface area contributed by atoms with Crippen molar-refractivity contribution in [1.82, 2.24) is 5.16 Å². The van der Waals surface area contributed by atoms with Gasteiger partial charge in [0.1, 0.15) is 11.2 Å². The third kappa shape index (κ3) is 1.76. The number of fused-ring (bicyclic) bond motifs is 1. The highest BCUT2D eigenvalue weighted by molar-refractivity contribution is 8.68. The van der Waals surface area contributed by atoms with Crippen LogP contribution < -0.4 is 5.73 Å². The lowest BCUT2D eigenvalue weighted by Crippen LogP contribution is -2.10. The quantitative estimate of drug-likeness (QED) is 0.640. The maximum Gasteiger partial charge on any atom is 0.177 e. The van der Waals surface area contributed by atoms with E-state index in [1.165, 1.54) is 16.9 Å². The van der Waals surface area contributed by atoms with Crippen LogP contribution in [-0.4, -0.2) is 5.16 Å². The number of aromatic nitrogens is 1. The first-order valence-corrected chi connectivity index (χ1v) is 6.50. The van der Waals surface area contributed by atoms with Gasteiger partial charge in [0.05, 0.1) is 0 Å². The van der Waals surface area contributed by atoms with Gasteiger partial charge in [0, 0.05) is 4.75 Å². The van der Waals surface area contributed by atoms with Crippen LogP contribution in [0.4, 0.5) is 10.2 Å².